The van der Waals surface area contributed by atoms with Crippen LogP contribution >= 0.6 is 0 Å². The van der Waals surface area contributed by atoms with Crippen molar-refractivity contribution in [1.29, 1.82) is 0 Å². The molecule has 3 aromatic heterocycles. The number of hydrogen-bond acceptors (Lipinski definition) is 7. The molecule has 1 fully saturated rings. The molecule has 0 spiro atoms. The second-order valence-electron chi connectivity index (χ2n) is 10.2. The third-order valence-electron chi connectivity index (χ3n) is 7.31. The number of ether oxygens (including phenoxy) is 1. The molecule has 1 aliphatic rings. The van der Waals surface area contributed by atoms with Crippen LogP contribution in [0.25, 0.3) is 22.1 Å². The largest absolute Gasteiger partial charge is 0.382 e. The van der Waals surface area contributed by atoms with Gasteiger partial charge in [0, 0.05) is 29.7 Å². The first kappa shape index (κ1) is 30.0. The van der Waals surface area contributed by atoms with Gasteiger partial charge in [-0.15, -0.1) is 0 Å². The van der Waals surface area contributed by atoms with E-state index in [1.165, 1.54) is 4.52 Å². The Morgan fingerprint density at radius 1 is 1.14 bits per heavy atom. The van der Waals surface area contributed by atoms with Crippen molar-refractivity contribution < 1.29 is 14.3 Å². The predicted octanol–water partition coefficient (Wildman–Crippen LogP) is 3.39. The quantitative estimate of drug-likeness (QED) is 0.257. The molecule has 0 unspecified atom stereocenters. The third kappa shape index (κ3) is 5.75. The topological polar surface area (TPSA) is 146 Å². The molecular formula is C33H33N7O4. The predicted molar refractivity (Wildman–Crippen MR) is 168 cm³/mol. The summed E-state index contributed by atoms with van der Waals surface area (Å²) >= 11 is 0. The fourth-order valence-electron chi connectivity index (χ4n) is 5.27. The number of nitrogens with two attached hydrogens (primary N) is 1. The number of benzene rings is 2. The summed E-state index contributed by atoms with van der Waals surface area (Å²) in [6.45, 7) is 2.51. The molecule has 2 amide bonds. The van der Waals surface area contributed by atoms with E-state index < -0.39 is 18.1 Å². The number of amides is 2. The van der Waals surface area contributed by atoms with E-state index in [4.69, 9.17) is 10.5 Å². The van der Waals surface area contributed by atoms with Gasteiger partial charge in [0.05, 0.1) is 18.0 Å². The summed E-state index contributed by atoms with van der Waals surface area (Å²) in [7, 11) is 0. The van der Waals surface area contributed by atoms with E-state index in [-0.39, 0.29) is 36.9 Å². The molecule has 11 nitrogen and oxygen atoms in total. The lowest BCUT2D eigenvalue weighted by Gasteiger charge is -2.21. The number of nitrogens with one attached hydrogen (secondary N) is 2. The van der Waals surface area contributed by atoms with Gasteiger partial charge in [-0.1, -0.05) is 49.6 Å². The van der Waals surface area contributed by atoms with Crippen LogP contribution in [-0.4, -0.2) is 50.2 Å². The van der Waals surface area contributed by atoms with Gasteiger partial charge in [-0.25, -0.2) is 9.50 Å². The Morgan fingerprint density at radius 2 is 1.95 bits per heavy atom. The summed E-state index contributed by atoms with van der Waals surface area (Å²) in [6.07, 6.45) is 2.68. The van der Waals surface area contributed by atoms with Gasteiger partial charge in [-0.05, 0) is 61.5 Å². The second-order valence-corrected chi connectivity index (χ2v) is 10.2. The Labute approximate surface area is 254 Å². The number of hydrogen-bond donors (Lipinski definition) is 3. The normalized spacial score (nSPS) is 14.8. The third-order valence-corrected chi connectivity index (χ3v) is 7.31. The lowest BCUT2D eigenvalue weighted by Crippen LogP contribution is -2.34. The average molecular weight is 592 g/mol. The van der Waals surface area contributed by atoms with Crippen LogP contribution < -0.4 is 21.9 Å². The van der Waals surface area contributed by atoms with Crippen LogP contribution in [0.5, 0.6) is 0 Å². The minimum atomic E-state index is -0.610. The molecule has 1 saturated heterocycles. The van der Waals surface area contributed by atoms with Crippen molar-refractivity contribution in [2.24, 2.45) is 0 Å². The number of pyridine rings is 1. The Balaban J connectivity index is 0.00000384. The number of para-hydroxylation sites is 1. The SMILES string of the molecule is C.C[C@H](NC(=O)c1c(N)nc2cccnn12)c1cc2cccc(C#CCNC(=O)[C@H]3CCCO3)c2c(=O)n1-c1ccccc1. The van der Waals surface area contributed by atoms with Gasteiger partial charge in [0.1, 0.15) is 6.10 Å². The standard InChI is InChI=1S/C32H29N7O4.CH4/c1-20(36-31(41)28-29(33)37-26-15-7-17-35-39(26)28)24-19-22-10-5-9-21(11-6-16-34-30(40)25-14-8-18-43-25)27(22)32(42)38(24)23-12-3-2-4-13-23;/h2-5,7,9-10,12-13,15,17,19-20,25H,8,14,16,18,33H2,1H3,(H,34,40)(H,36,41);1H4/t20-,25+;/m0./s1. The van der Waals surface area contributed by atoms with Gasteiger partial charge in [-0.3, -0.25) is 19.0 Å². The highest BCUT2D eigenvalue weighted by Crippen LogP contribution is 2.24. The van der Waals surface area contributed by atoms with Gasteiger partial charge in [0.2, 0.25) is 5.91 Å². The van der Waals surface area contributed by atoms with Crippen LogP contribution in [-0.2, 0) is 9.53 Å². The molecule has 44 heavy (non-hydrogen) atoms. The minimum Gasteiger partial charge on any atom is -0.382 e. The highest BCUT2D eigenvalue weighted by Gasteiger charge is 2.24. The molecule has 0 saturated carbocycles. The van der Waals surface area contributed by atoms with Crippen molar-refractivity contribution in [3.63, 3.8) is 0 Å². The molecule has 6 rings (SSSR count). The number of carbonyl (C=O) groups is 2. The van der Waals surface area contributed by atoms with Crippen LogP contribution in [0.1, 0.15) is 55.0 Å². The Kier molecular flexibility index (Phi) is 8.73. The molecule has 2 atom stereocenters. The number of rotatable bonds is 6. The molecular weight excluding hydrogens is 558 g/mol. The van der Waals surface area contributed by atoms with E-state index in [0.717, 1.165) is 6.42 Å². The number of nitrogen functional groups attached to an aromatic ring is 1. The first-order valence-corrected chi connectivity index (χ1v) is 13.9. The Bertz CT molecular complexity index is 1970. The molecule has 1 aliphatic heterocycles. The first-order chi connectivity index (χ1) is 20.9. The van der Waals surface area contributed by atoms with E-state index in [9.17, 15) is 14.4 Å². The zero-order chi connectivity index (χ0) is 29.9. The number of anilines is 1. The number of carbonyl (C=O) groups excluding carboxylic acids is 2. The van der Waals surface area contributed by atoms with Crippen LogP contribution in [0.2, 0.25) is 0 Å². The molecule has 4 heterocycles. The van der Waals surface area contributed by atoms with E-state index in [1.807, 2.05) is 48.5 Å². The number of nitrogens with zero attached hydrogens (tertiary/aromatic N) is 4. The van der Waals surface area contributed by atoms with Crippen molar-refractivity contribution in [3.05, 3.63) is 100 Å². The fraction of sp³-hybridized carbons (Fsp3) is 0.242. The molecule has 5 aromatic rings. The lowest BCUT2D eigenvalue weighted by atomic mass is 10.0. The van der Waals surface area contributed by atoms with Gasteiger partial charge < -0.3 is 21.1 Å². The van der Waals surface area contributed by atoms with Crippen LogP contribution in [0.4, 0.5) is 5.82 Å². The summed E-state index contributed by atoms with van der Waals surface area (Å²) in [4.78, 5) is 44.1. The molecule has 0 aliphatic carbocycles. The molecule has 2 aromatic carbocycles. The second kappa shape index (κ2) is 12.8. The van der Waals surface area contributed by atoms with E-state index >= 15 is 0 Å². The molecule has 0 radical (unpaired) electrons. The summed E-state index contributed by atoms with van der Waals surface area (Å²) in [5.74, 6) is 5.41. The Morgan fingerprint density at radius 3 is 2.73 bits per heavy atom. The van der Waals surface area contributed by atoms with Gasteiger partial charge >= 0.3 is 0 Å². The zero-order valence-corrected chi connectivity index (χ0v) is 23.4. The maximum atomic E-state index is 14.2. The highest BCUT2D eigenvalue weighted by molar-refractivity contribution is 5.98. The van der Waals surface area contributed by atoms with Crippen molar-refractivity contribution in [2.75, 3.05) is 18.9 Å². The number of aromatic nitrogens is 4. The van der Waals surface area contributed by atoms with E-state index in [2.05, 4.69) is 32.6 Å². The molecule has 0 bridgehead atoms. The molecule has 4 N–H and O–H groups in total. The van der Waals surface area contributed by atoms with Gasteiger partial charge in [-0.2, -0.15) is 5.10 Å². The number of imidazole rings is 1. The maximum Gasteiger partial charge on any atom is 0.274 e. The van der Waals surface area contributed by atoms with Gasteiger partial charge in [0.25, 0.3) is 11.5 Å². The number of fused-ring (bicyclic) bond motifs is 2. The Hall–Kier alpha value is -5.47. The summed E-state index contributed by atoms with van der Waals surface area (Å²) in [6, 6.07) is 19.3. The van der Waals surface area contributed by atoms with Crippen molar-refractivity contribution in [2.45, 2.75) is 39.3 Å². The average Bonchev–Trinajstić information content (AvgIpc) is 3.67. The fourth-order valence-corrected chi connectivity index (χ4v) is 5.27. The van der Waals surface area contributed by atoms with Crippen LogP contribution in [0, 0.1) is 11.8 Å². The molecule has 11 heteroatoms. The summed E-state index contributed by atoms with van der Waals surface area (Å²) < 4.78 is 8.38. The monoisotopic (exact) mass is 591 g/mol. The minimum absolute atomic E-state index is 0. The smallest absolute Gasteiger partial charge is 0.274 e. The van der Waals surface area contributed by atoms with Crippen LogP contribution in [0.3, 0.4) is 0 Å². The van der Waals surface area contributed by atoms with Crippen molar-refractivity contribution >= 4 is 34.1 Å². The van der Waals surface area contributed by atoms with Crippen LogP contribution in [0.15, 0.2) is 77.7 Å². The summed E-state index contributed by atoms with van der Waals surface area (Å²) in [5.41, 5.74) is 8.07. The summed E-state index contributed by atoms with van der Waals surface area (Å²) in [5, 5.41) is 11.1. The highest BCUT2D eigenvalue weighted by atomic mass is 16.5. The van der Waals surface area contributed by atoms with Crippen molar-refractivity contribution in [1.82, 2.24) is 29.8 Å². The van der Waals surface area contributed by atoms with Gasteiger partial charge in [0.15, 0.2) is 17.2 Å². The zero-order valence-electron chi connectivity index (χ0n) is 23.4. The van der Waals surface area contributed by atoms with E-state index in [0.29, 0.717) is 46.4 Å². The molecule has 224 valence electrons. The van der Waals surface area contributed by atoms with Crippen molar-refractivity contribution in [3.8, 4) is 17.5 Å². The first-order valence-electron chi connectivity index (χ1n) is 13.9. The van der Waals surface area contributed by atoms with E-state index in [1.54, 1.807) is 35.9 Å². The lowest BCUT2D eigenvalue weighted by molar-refractivity contribution is -0.129. The maximum absolute atomic E-state index is 14.2.